The van der Waals surface area contributed by atoms with E-state index in [1.807, 2.05) is 13.1 Å². The third-order valence-electron chi connectivity index (χ3n) is 1.40. The largest absolute Gasteiger partial charge is 0.387 e. The van der Waals surface area contributed by atoms with Gasteiger partial charge in [-0.25, -0.2) is 0 Å². The number of nitrogens with two attached hydrogens (primary N) is 1. The summed E-state index contributed by atoms with van der Waals surface area (Å²) in [6, 6.07) is 1.91. The van der Waals surface area contributed by atoms with Crippen LogP contribution in [0.2, 0.25) is 0 Å². The van der Waals surface area contributed by atoms with Crippen molar-refractivity contribution in [3.63, 3.8) is 0 Å². The molecule has 1 rings (SSSR count). The van der Waals surface area contributed by atoms with Crippen LogP contribution in [0.25, 0.3) is 0 Å². The lowest BCUT2D eigenvalue weighted by Gasteiger charge is -2.03. The standard InChI is InChI=1S/C7H11N3.2ClH/c1-9-7-5-10-3-2-6(7)4-8;;/h2-3,5,9H,4,8H2,1H3;2*1H. The number of hydrogen-bond donors (Lipinski definition) is 2. The molecule has 0 saturated carbocycles. The van der Waals surface area contributed by atoms with Crippen LogP contribution in [0.4, 0.5) is 5.69 Å². The maximum absolute atomic E-state index is 5.46. The van der Waals surface area contributed by atoms with Crippen LogP contribution < -0.4 is 11.1 Å². The molecular formula is C7H13Cl2N3. The van der Waals surface area contributed by atoms with Crippen molar-refractivity contribution in [1.82, 2.24) is 4.98 Å². The fourth-order valence-electron chi connectivity index (χ4n) is 0.826. The Kier molecular flexibility index (Phi) is 8.37. The highest BCUT2D eigenvalue weighted by molar-refractivity contribution is 5.85. The van der Waals surface area contributed by atoms with E-state index in [-0.39, 0.29) is 24.8 Å². The minimum Gasteiger partial charge on any atom is -0.387 e. The summed E-state index contributed by atoms with van der Waals surface area (Å²) in [5, 5.41) is 3.00. The summed E-state index contributed by atoms with van der Waals surface area (Å²) in [5.41, 5.74) is 7.56. The molecule has 3 nitrogen and oxygen atoms in total. The Labute approximate surface area is 84.6 Å². The number of anilines is 1. The van der Waals surface area contributed by atoms with Crippen molar-refractivity contribution in [3.8, 4) is 0 Å². The lowest BCUT2D eigenvalue weighted by molar-refractivity contribution is 1.06. The molecule has 0 aliphatic heterocycles. The second kappa shape index (κ2) is 7.16. The lowest BCUT2D eigenvalue weighted by Crippen LogP contribution is -2.01. The average Bonchev–Trinajstić information content (AvgIpc) is 2.04. The lowest BCUT2D eigenvalue weighted by atomic mass is 10.2. The van der Waals surface area contributed by atoms with E-state index in [1.165, 1.54) is 0 Å². The van der Waals surface area contributed by atoms with Crippen molar-refractivity contribution in [3.05, 3.63) is 24.0 Å². The number of hydrogen-bond acceptors (Lipinski definition) is 3. The van der Waals surface area contributed by atoms with Crippen LogP contribution in [0.15, 0.2) is 18.5 Å². The van der Waals surface area contributed by atoms with Crippen LogP contribution in [0.1, 0.15) is 5.56 Å². The fourth-order valence-corrected chi connectivity index (χ4v) is 0.826. The van der Waals surface area contributed by atoms with Gasteiger partial charge in [0.1, 0.15) is 0 Å². The average molecular weight is 210 g/mol. The summed E-state index contributed by atoms with van der Waals surface area (Å²) < 4.78 is 0. The third kappa shape index (κ3) is 3.26. The molecule has 5 heteroatoms. The van der Waals surface area contributed by atoms with Gasteiger partial charge in [0.05, 0.1) is 11.9 Å². The van der Waals surface area contributed by atoms with Crippen molar-refractivity contribution in [2.45, 2.75) is 6.54 Å². The van der Waals surface area contributed by atoms with Crippen LogP contribution in [0, 0.1) is 0 Å². The van der Waals surface area contributed by atoms with E-state index < -0.39 is 0 Å². The molecule has 0 amide bonds. The Morgan fingerprint density at radius 1 is 1.50 bits per heavy atom. The molecular weight excluding hydrogens is 197 g/mol. The van der Waals surface area contributed by atoms with Gasteiger partial charge in [0.25, 0.3) is 0 Å². The molecule has 0 aliphatic carbocycles. The maximum Gasteiger partial charge on any atom is 0.0569 e. The first-order valence-electron chi connectivity index (χ1n) is 3.19. The highest BCUT2D eigenvalue weighted by Crippen LogP contribution is 2.10. The molecule has 3 N–H and O–H groups in total. The van der Waals surface area contributed by atoms with E-state index in [9.17, 15) is 0 Å². The Morgan fingerprint density at radius 2 is 2.17 bits per heavy atom. The molecule has 1 heterocycles. The third-order valence-corrected chi connectivity index (χ3v) is 1.40. The zero-order chi connectivity index (χ0) is 7.40. The van der Waals surface area contributed by atoms with Crippen LogP contribution in [0.5, 0.6) is 0 Å². The number of rotatable bonds is 2. The van der Waals surface area contributed by atoms with Gasteiger partial charge in [-0.1, -0.05) is 0 Å². The molecule has 70 valence electrons. The van der Waals surface area contributed by atoms with E-state index in [2.05, 4.69) is 10.3 Å². The molecule has 0 spiro atoms. The van der Waals surface area contributed by atoms with Crippen molar-refractivity contribution in [2.24, 2.45) is 5.73 Å². The monoisotopic (exact) mass is 209 g/mol. The molecule has 0 unspecified atom stereocenters. The van der Waals surface area contributed by atoms with Gasteiger partial charge >= 0.3 is 0 Å². The zero-order valence-electron chi connectivity index (χ0n) is 6.78. The van der Waals surface area contributed by atoms with E-state index in [4.69, 9.17) is 5.73 Å². The van der Waals surface area contributed by atoms with E-state index in [1.54, 1.807) is 12.4 Å². The van der Waals surface area contributed by atoms with Gasteiger partial charge in [-0.3, -0.25) is 4.98 Å². The molecule has 0 radical (unpaired) electrons. The molecule has 0 saturated heterocycles. The minimum atomic E-state index is 0. The fraction of sp³-hybridized carbons (Fsp3) is 0.286. The van der Waals surface area contributed by atoms with Gasteiger partial charge in [0.15, 0.2) is 0 Å². The summed E-state index contributed by atoms with van der Waals surface area (Å²) >= 11 is 0. The highest BCUT2D eigenvalue weighted by Gasteiger charge is 1.94. The second-order valence-electron chi connectivity index (χ2n) is 1.99. The van der Waals surface area contributed by atoms with Crippen LogP contribution >= 0.6 is 24.8 Å². The molecule has 0 atom stereocenters. The van der Waals surface area contributed by atoms with Gasteiger partial charge in [-0.15, -0.1) is 24.8 Å². The normalized spacial score (nSPS) is 7.83. The number of nitrogens with zero attached hydrogens (tertiary/aromatic N) is 1. The molecule has 0 aliphatic rings. The van der Waals surface area contributed by atoms with Crippen molar-refractivity contribution in [1.29, 1.82) is 0 Å². The SMILES string of the molecule is CNc1cnccc1CN.Cl.Cl. The molecule has 1 aromatic heterocycles. The van der Waals surface area contributed by atoms with E-state index >= 15 is 0 Å². The van der Waals surface area contributed by atoms with Gasteiger partial charge in [-0.2, -0.15) is 0 Å². The smallest absolute Gasteiger partial charge is 0.0569 e. The number of pyridine rings is 1. The summed E-state index contributed by atoms with van der Waals surface area (Å²) in [5.74, 6) is 0. The maximum atomic E-state index is 5.46. The Bertz CT molecular complexity index is 195. The topological polar surface area (TPSA) is 50.9 Å². The number of halogens is 2. The minimum absolute atomic E-state index is 0. The Morgan fingerprint density at radius 3 is 2.58 bits per heavy atom. The van der Waals surface area contributed by atoms with Gasteiger partial charge in [0, 0.05) is 19.8 Å². The van der Waals surface area contributed by atoms with E-state index in [0.717, 1.165) is 11.3 Å². The van der Waals surface area contributed by atoms with Crippen LogP contribution in [-0.2, 0) is 6.54 Å². The summed E-state index contributed by atoms with van der Waals surface area (Å²) in [7, 11) is 1.86. The van der Waals surface area contributed by atoms with Crippen molar-refractivity contribution < 1.29 is 0 Å². The van der Waals surface area contributed by atoms with Gasteiger partial charge in [-0.05, 0) is 11.6 Å². The van der Waals surface area contributed by atoms with Crippen molar-refractivity contribution in [2.75, 3.05) is 12.4 Å². The first-order valence-corrected chi connectivity index (χ1v) is 3.19. The number of nitrogens with one attached hydrogen (secondary N) is 1. The van der Waals surface area contributed by atoms with Gasteiger partial charge < -0.3 is 11.1 Å². The summed E-state index contributed by atoms with van der Waals surface area (Å²) in [4.78, 5) is 3.95. The molecule has 0 aromatic carbocycles. The number of aromatic nitrogens is 1. The molecule has 0 bridgehead atoms. The predicted octanol–water partition coefficient (Wildman–Crippen LogP) is 1.43. The quantitative estimate of drug-likeness (QED) is 0.776. The summed E-state index contributed by atoms with van der Waals surface area (Å²) in [6.45, 7) is 0.554. The Hall–Kier alpha value is -0.510. The van der Waals surface area contributed by atoms with Crippen LogP contribution in [0.3, 0.4) is 0 Å². The van der Waals surface area contributed by atoms with Crippen molar-refractivity contribution >= 4 is 30.5 Å². The van der Waals surface area contributed by atoms with E-state index in [0.29, 0.717) is 6.54 Å². The molecule has 0 fully saturated rings. The van der Waals surface area contributed by atoms with Gasteiger partial charge in [0.2, 0.25) is 0 Å². The van der Waals surface area contributed by atoms with Crippen LogP contribution in [-0.4, -0.2) is 12.0 Å². The molecule has 12 heavy (non-hydrogen) atoms. The zero-order valence-corrected chi connectivity index (χ0v) is 8.41. The first kappa shape index (κ1) is 14.0. The second-order valence-corrected chi connectivity index (χ2v) is 1.99. The summed E-state index contributed by atoms with van der Waals surface area (Å²) in [6.07, 6.45) is 3.51. The highest BCUT2D eigenvalue weighted by atomic mass is 35.5. The first-order chi connectivity index (χ1) is 4.88. The Balaban J connectivity index is 0. The molecule has 1 aromatic rings. The predicted molar refractivity (Wildman–Crippen MR) is 56.2 cm³/mol.